The quantitative estimate of drug-likeness (QED) is 0.293. The standard InChI is InChI=1S/C25H26N2O5/c1-4-31-23-14-24-20(18-7-5-6-8-22(18)32-24)13-19(23)15(2)12-25(28)26-21-10-9-17(27(29)30)11-16(21)3/h9-14H,4-8H2,1-3H3,(H,26,28)/b15-12+. The molecule has 1 heterocycles. The van der Waals surface area contributed by atoms with Gasteiger partial charge in [-0.3, -0.25) is 14.9 Å². The number of carbonyl (C=O) groups is 1. The number of amides is 1. The SMILES string of the molecule is CCOc1cc2oc3c(c2cc1/C(C)=C/C(=O)Nc1ccc([N+](=O)[O-])cc1C)CCCC3. The number of hydrogen-bond acceptors (Lipinski definition) is 5. The van der Waals surface area contributed by atoms with Crippen LogP contribution in [0.25, 0.3) is 16.5 Å². The molecule has 0 aliphatic heterocycles. The van der Waals surface area contributed by atoms with E-state index >= 15 is 0 Å². The van der Waals surface area contributed by atoms with Gasteiger partial charge in [0.15, 0.2) is 0 Å². The molecular weight excluding hydrogens is 408 g/mol. The van der Waals surface area contributed by atoms with Crippen LogP contribution in [0, 0.1) is 17.0 Å². The lowest BCUT2D eigenvalue weighted by Crippen LogP contribution is -2.10. The number of nitrogens with zero attached hydrogens (tertiary/aromatic N) is 1. The third-order valence-electron chi connectivity index (χ3n) is 5.81. The van der Waals surface area contributed by atoms with Crippen LogP contribution >= 0.6 is 0 Å². The second kappa shape index (κ2) is 8.86. The number of allylic oxidation sites excluding steroid dienone is 1. The zero-order valence-corrected chi connectivity index (χ0v) is 18.5. The highest BCUT2D eigenvalue weighted by Gasteiger charge is 2.20. The Labute approximate surface area is 186 Å². The fraction of sp³-hybridized carbons (Fsp3) is 0.320. The van der Waals surface area contributed by atoms with Crippen LogP contribution in [0.3, 0.4) is 0 Å². The van der Waals surface area contributed by atoms with Gasteiger partial charge >= 0.3 is 0 Å². The molecule has 1 N–H and O–H groups in total. The number of fused-ring (bicyclic) bond motifs is 3. The van der Waals surface area contributed by atoms with E-state index < -0.39 is 4.92 Å². The van der Waals surface area contributed by atoms with Gasteiger partial charge in [-0.2, -0.15) is 0 Å². The molecule has 32 heavy (non-hydrogen) atoms. The Morgan fingerprint density at radius 3 is 2.75 bits per heavy atom. The molecule has 0 fully saturated rings. The van der Waals surface area contributed by atoms with Gasteiger partial charge in [-0.15, -0.1) is 0 Å². The van der Waals surface area contributed by atoms with Crippen molar-refractivity contribution in [2.75, 3.05) is 11.9 Å². The molecule has 0 atom stereocenters. The maximum atomic E-state index is 12.7. The molecule has 1 aromatic heterocycles. The van der Waals surface area contributed by atoms with E-state index in [-0.39, 0.29) is 11.6 Å². The molecule has 0 bridgehead atoms. The topological polar surface area (TPSA) is 94.6 Å². The molecule has 0 radical (unpaired) electrons. The highest BCUT2D eigenvalue weighted by atomic mass is 16.6. The summed E-state index contributed by atoms with van der Waals surface area (Å²) in [5, 5.41) is 14.8. The monoisotopic (exact) mass is 434 g/mol. The summed E-state index contributed by atoms with van der Waals surface area (Å²) in [5.74, 6) is 1.43. The van der Waals surface area contributed by atoms with Gasteiger partial charge in [-0.1, -0.05) is 0 Å². The van der Waals surface area contributed by atoms with Crippen LogP contribution in [-0.4, -0.2) is 17.4 Å². The summed E-state index contributed by atoms with van der Waals surface area (Å²) in [4.78, 5) is 23.2. The molecule has 0 unspecified atom stereocenters. The predicted molar refractivity (Wildman–Crippen MR) is 124 cm³/mol. The minimum absolute atomic E-state index is 0.00896. The molecule has 0 saturated heterocycles. The lowest BCUT2D eigenvalue weighted by molar-refractivity contribution is -0.384. The number of non-ortho nitro benzene ring substituents is 1. The summed E-state index contributed by atoms with van der Waals surface area (Å²) in [6, 6.07) is 8.34. The Bertz CT molecular complexity index is 1240. The van der Waals surface area contributed by atoms with Crippen molar-refractivity contribution in [2.45, 2.75) is 46.5 Å². The molecule has 1 aliphatic carbocycles. The Hall–Kier alpha value is -3.61. The smallest absolute Gasteiger partial charge is 0.269 e. The molecule has 7 heteroatoms. The van der Waals surface area contributed by atoms with Gasteiger partial charge in [0.05, 0.1) is 11.5 Å². The first kappa shape index (κ1) is 21.6. The largest absolute Gasteiger partial charge is 0.493 e. The molecule has 1 aliphatic rings. The van der Waals surface area contributed by atoms with Crippen molar-refractivity contribution in [3.63, 3.8) is 0 Å². The minimum atomic E-state index is -0.456. The summed E-state index contributed by atoms with van der Waals surface area (Å²) >= 11 is 0. The number of nitrogens with one attached hydrogen (secondary N) is 1. The average Bonchev–Trinajstić information content (AvgIpc) is 3.12. The number of aryl methyl sites for hydroxylation is 3. The third-order valence-corrected chi connectivity index (χ3v) is 5.81. The molecule has 166 valence electrons. The number of furan rings is 1. The van der Waals surface area contributed by atoms with E-state index in [2.05, 4.69) is 11.4 Å². The molecule has 0 spiro atoms. The number of carbonyl (C=O) groups excluding carboxylic acids is 1. The van der Waals surface area contributed by atoms with E-state index in [9.17, 15) is 14.9 Å². The third kappa shape index (κ3) is 4.23. The Morgan fingerprint density at radius 1 is 1.25 bits per heavy atom. The van der Waals surface area contributed by atoms with Gasteiger partial charge in [0.2, 0.25) is 5.91 Å². The Balaban J connectivity index is 1.65. The first-order valence-electron chi connectivity index (χ1n) is 10.8. The minimum Gasteiger partial charge on any atom is -0.493 e. The molecule has 0 saturated carbocycles. The summed E-state index contributed by atoms with van der Waals surface area (Å²) in [5.41, 5.74) is 4.85. The maximum Gasteiger partial charge on any atom is 0.269 e. The lowest BCUT2D eigenvalue weighted by atomic mass is 9.94. The first-order valence-corrected chi connectivity index (χ1v) is 10.8. The zero-order chi connectivity index (χ0) is 22.8. The van der Waals surface area contributed by atoms with E-state index in [0.29, 0.717) is 23.6 Å². The van der Waals surface area contributed by atoms with Crippen molar-refractivity contribution in [3.8, 4) is 5.75 Å². The van der Waals surface area contributed by atoms with Gasteiger partial charge < -0.3 is 14.5 Å². The van der Waals surface area contributed by atoms with Crippen molar-refractivity contribution in [2.24, 2.45) is 0 Å². The lowest BCUT2D eigenvalue weighted by Gasteiger charge is -2.12. The fourth-order valence-electron chi connectivity index (χ4n) is 4.22. The van der Waals surface area contributed by atoms with E-state index in [1.807, 2.05) is 19.9 Å². The number of anilines is 1. The Kier molecular flexibility index (Phi) is 5.99. The van der Waals surface area contributed by atoms with E-state index in [1.54, 1.807) is 13.0 Å². The van der Waals surface area contributed by atoms with Crippen LogP contribution < -0.4 is 10.1 Å². The zero-order valence-electron chi connectivity index (χ0n) is 18.5. The number of benzene rings is 2. The van der Waals surface area contributed by atoms with Crippen molar-refractivity contribution in [1.82, 2.24) is 0 Å². The Morgan fingerprint density at radius 2 is 2.03 bits per heavy atom. The average molecular weight is 434 g/mol. The summed E-state index contributed by atoms with van der Waals surface area (Å²) in [7, 11) is 0. The van der Waals surface area contributed by atoms with E-state index in [0.717, 1.165) is 53.5 Å². The highest BCUT2D eigenvalue weighted by Crippen LogP contribution is 2.38. The van der Waals surface area contributed by atoms with Crippen LogP contribution in [0.4, 0.5) is 11.4 Å². The number of nitro benzene ring substituents is 1. The summed E-state index contributed by atoms with van der Waals surface area (Å²) < 4.78 is 11.9. The van der Waals surface area contributed by atoms with Crippen LogP contribution in [0.2, 0.25) is 0 Å². The summed E-state index contributed by atoms with van der Waals surface area (Å²) in [6.07, 6.45) is 5.76. The van der Waals surface area contributed by atoms with Crippen LogP contribution in [0.1, 0.15) is 49.1 Å². The molecule has 1 amide bonds. The second-order valence-corrected chi connectivity index (χ2v) is 8.06. The first-order chi connectivity index (χ1) is 15.4. The van der Waals surface area contributed by atoms with Gasteiger partial charge in [-0.05, 0) is 63.3 Å². The van der Waals surface area contributed by atoms with Gasteiger partial charge in [0, 0.05) is 52.9 Å². The number of nitro groups is 1. The van der Waals surface area contributed by atoms with Crippen molar-refractivity contribution in [1.29, 1.82) is 0 Å². The predicted octanol–water partition coefficient (Wildman–Crippen LogP) is 5.97. The maximum absolute atomic E-state index is 12.7. The van der Waals surface area contributed by atoms with Gasteiger partial charge in [0.1, 0.15) is 17.1 Å². The molecule has 3 aromatic rings. The fourth-order valence-corrected chi connectivity index (χ4v) is 4.22. The van der Waals surface area contributed by atoms with Crippen molar-refractivity contribution < 1.29 is 18.9 Å². The molecule has 7 nitrogen and oxygen atoms in total. The van der Waals surface area contributed by atoms with Crippen molar-refractivity contribution in [3.05, 3.63) is 69.0 Å². The van der Waals surface area contributed by atoms with Crippen LogP contribution in [0.15, 0.2) is 40.8 Å². The van der Waals surface area contributed by atoms with Crippen LogP contribution in [-0.2, 0) is 17.6 Å². The highest BCUT2D eigenvalue weighted by molar-refractivity contribution is 6.05. The second-order valence-electron chi connectivity index (χ2n) is 8.06. The van der Waals surface area contributed by atoms with Crippen LogP contribution in [0.5, 0.6) is 5.75 Å². The van der Waals surface area contributed by atoms with Crippen molar-refractivity contribution >= 4 is 33.8 Å². The summed E-state index contributed by atoms with van der Waals surface area (Å²) in [6.45, 7) is 6.02. The van der Waals surface area contributed by atoms with Gasteiger partial charge in [-0.25, -0.2) is 0 Å². The van der Waals surface area contributed by atoms with Gasteiger partial charge in [0.25, 0.3) is 5.69 Å². The van der Waals surface area contributed by atoms with E-state index in [4.69, 9.17) is 9.15 Å². The molecule has 4 rings (SSSR count). The number of rotatable bonds is 6. The van der Waals surface area contributed by atoms with E-state index in [1.165, 1.54) is 23.8 Å². The number of hydrogen-bond donors (Lipinski definition) is 1. The normalized spacial score (nSPS) is 13.7. The number of ether oxygens (including phenoxy) is 1. The molecular formula is C25H26N2O5. The molecule has 2 aromatic carbocycles.